The number of anilines is 1. The molecule has 8 rings (SSSR count). The van der Waals surface area contributed by atoms with E-state index in [1.54, 1.807) is 18.2 Å². The average Bonchev–Trinajstić information content (AvgIpc) is 0.846. The van der Waals surface area contributed by atoms with Crippen LogP contribution in [0.25, 0.3) is 10.8 Å². The van der Waals surface area contributed by atoms with Gasteiger partial charge in [0.15, 0.2) is 24.8 Å². The summed E-state index contributed by atoms with van der Waals surface area (Å²) in [5.74, 6) is -4.95. The van der Waals surface area contributed by atoms with Crippen LogP contribution in [0.1, 0.15) is 101 Å². The molecule has 0 bridgehead atoms. The molecule has 30 nitrogen and oxygen atoms in total. The zero-order valence-corrected chi connectivity index (χ0v) is 50.2. The van der Waals surface area contributed by atoms with Crippen LogP contribution < -0.4 is 10.6 Å². The summed E-state index contributed by atoms with van der Waals surface area (Å²) in [5, 5.41) is 77.3. The maximum Gasteiger partial charge on any atom is 0.338 e. The van der Waals surface area contributed by atoms with E-state index in [2.05, 4.69) is 20.9 Å². The average molecular weight is 1300 g/mol. The van der Waals surface area contributed by atoms with Crippen molar-refractivity contribution in [3.8, 4) is 0 Å². The van der Waals surface area contributed by atoms with Crippen molar-refractivity contribution < 1.29 is 117 Å². The Morgan fingerprint density at radius 3 is 2.15 bits per heavy atom. The topological polar surface area (TPSA) is 463 Å². The Hall–Kier alpha value is -5.73. The van der Waals surface area contributed by atoms with Crippen LogP contribution in [0, 0.1) is 17.8 Å². The molecule has 3 aromatic carbocycles. The maximum absolute atomic E-state index is 14.3. The smallest absolute Gasteiger partial charge is 0.338 e. The van der Waals surface area contributed by atoms with E-state index in [-0.39, 0.29) is 56.7 Å². The zero-order valence-electron chi connectivity index (χ0n) is 47.7. The van der Waals surface area contributed by atoms with Crippen LogP contribution in [0.3, 0.4) is 0 Å². The molecule has 11 N–H and O–H groups in total. The summed E-state index contributed by atoms with van der Waals surface area (Å²) in [6, 6.07) is 10.2. The monoisotopic (exact) mass is 1300 g/mol. The number of rotatable bonds is 25. The number of aliphatic hydroxyl groups excluding tert-OH is 5. The van der Waals surface area contributed by atoms with Gasteiger partial charge in [0, 0.05) is 35.9 Å². The quantitative estimate of drug-likeness (QED) is 0.0254. The Kier molecular flexibility index (Phi) is 22.5. The predicted octanol–water partition coefficient (Wildman–Crippen LogP) is 1.40. The highest BCUT2D eigenvalue weighted by Gasteiger charge is 2.54. The SMILES string of the molecule is CCC1CC(C(=O)NCCCc2cn(CCC(=O)Nc3ccc(S(=O)(=O)O)c4cc(S(=O)(=O)O)cc(S(=O)(=O)O)c34)nn2)CC(OC2OC(CO)C(O)C(O[C@@H](CC3CCCCC3)C(=O)O)C2OC(=O)c2ccccc2)C1OC1OC(C)C(O)C(O)C1O. The van der Waals surface area contributed by atoms with E-state index in [1.165, 1.54) is 29.9 Å². The molecule has 2 aliphatic heterocycles. The third-order valence-corrected chi connectivity index (χ3v) is 19.0. The summed E-state index contributed by atoms with van der Waals surface area (Å²) in [4.78, 5) is 51.0. The van der Waals surface area contributed by atoms with E-state index in [0.29, 0.717) is 30.7 Å². The van der Waals surface area contributed by atoms with Crippen molar-refractivity contribution in [1.29, 1.82) is 0 Å². The molecule has 2 saturated heterocycles. The van der Waals surface area contributed by atoms with E-state index in [0.717, 1.165) is 44.2 Å². The number of nitrogens with one attached hydrogen (secondary N) is 2. The van der Waals surface area contributed by atoms with Crippen LogP contribution in [0.5, 0.6) is 0 Å². The molecule has 2 amide bonds. The van der Waals surface area contributed by atoms with E-state index in [1.807, 2.05) is 6.92 Å². The van der Waals surface area contributed by atoms with Gasteiger partial charge < -0.3 is 69.7 Å². The second-order valence-corrected chi connectivity index (χ2v) is 26.7. The molecule has 4 fully saturated rings. The molecule has 3 heterocycles. The highest BCUT2D eigenvalue weighted by molar-refractivity contribution is 7.87. The largest absolute Gasteiger partial charge is 0.479 e. The Morgan fingerprint density at radius 2 is 1.50 bits per heavy atom. The van der Waals surface area contributed by atoms with Crippen LogP contribution in [0.2, 0.25) is 0 Å². The number of carbonyl (C=O) groups is 4. The number of esters is 1. The number of nitrogens with zero attached hydrogens (tertiary/aromatic N) is 3. The van der Waals surface area contributed by atoms with E-state index in [9.17, 15) is 88.7 Å². The Balaban J connectivity index is 0.967. The number of carbonyl (C=O) groups excluding carboxylic acids is 3. The molecule has 486 valence electrons. The molecule has 2 aliphatic carbocycles. The van der Waals surface area contributed by atoms with Gasteiger partial charge in [0.1, 0.15) is 46.4 Å². The molecular weight excluding hydrogens is 1230 g/mol. The van der Waals surface area contributed by atoms with Gasteiger partial charge in [0.25, 0.3) is 30.4 Å². The van der Waals surface area contributed by atoms with E-state index >= 15 is 0 Å². The van der Waals surface area contributed by atoms with Crippen LogP contribution >= 0.6 is 0 Å². The molecule has 15 atom stereocenters. The second kappa shape index (κ2) is 29.0. The fourth-order valence-corrected chi connectivity index (χ4v) is 13.8. The number of aryl methyl sites for hydroxylation is 2. The third-order valence-electron chi connectivity index (χ3n) is 16.4. The molecule has 0 radical (unpaired) electrons. The van der Waals surface area contributed by atoms with Crippen LogP contribution in [-0.4, -0.2) is 201 Å². The number of carboxylic acids is 1. The Morgan fingerprint density at radius 1 is 0.795 bits per heavy atom. The molecule has 33 heteroatoms. The van der Waals surface area contributed by atoms with Crippen molar-refractivity contribution >= 4 is 70.6 Å². The lowest BCUT2D eigenvalue weighted by Crippen LogP contribution is -2.64. The van der Waals surface area contributed by atoms with Gasteiger partial charge >= 0.3 is 11.9 Å². The molecular formula is C55H73N5O25S3. The number of hydrogen-bond donors (Lipinski definition) is 11. The number of aromatic nitrogens is 3. The Bertz CT molecular complexity index is 3460. The van der Waals surface area contributed by atoms with Gasteiger partial charge in [-0.1, -0.05) is 68.9 Å². The third kappa shape index (κ3) is 16.6. The number of aliphatic carboxylic acids is 1. The summed E-state index contributed by atoms with van der Waals surface area (Å²) >= 11 is 0. The van der Waals surface area contributed by atoms with Gasteiger partial charge in [-0.15, -0.1) is 5.10 Å². The first-order valence-corrected chi connectivity index (χ1v) is 33.0. The number of amides is 2. The lowest BCUT2D eigenvalue weighted by atomic mass is 9.75. The van der Waals surface area contributed by atoms with Crippen molar-refractivity contribution in [2.24, 2.45) is 17.8 Å². The first-order valence-electron chi connectivity index (χ1n) is 28.6. The van der Waals surface area contributed by atoms with Gasteiger partial charge in [0.2, 0.25) is 11.8 Å². The lowest BCUT2D eigenvalue weighted by Gasteiger charge is -2.48. The molecule has 88 heavy (non-hydrogen) atoms. The van der Waals surface area contributed by atoms with Crippen molar-refractivity contribution in [2.45, 2.75) is 192 Å². The van der Waals surface area contributed by atoms with Crippen LogP contribution in [0.15, 0.2) is 75.5 Å². The van der Waals surface area contributed by atoms with Crippen molar-refractivity contribution in [3.05, 3.63) is 72.1 Å². The fourth-order valence-electron chi connectivity index (χ4n) is 11.7. The molecule has 2 saturated carbocycles. The standard InChI is InChI=1S/C55H73N5O25S3/c1-3-30-22-32(51(67)56-19-10-15-33-26-60(59-58-33)20-18-42(62)57-36-16-17-40(87(74,75)76)35-24-34(86(71,72)73)25-41(43(35)36)88(77,78)79)23-37(48(30)85-54-47(66)46(65)44(63)28(2)80-54)82-55-50(84-53(70)31-13-8-5-9-14-31)49(45(64)39(27-61)83-55)81-38(52(68)69)21-29-11-6-4-7-12-29/h5,8-9,13-14,16-17,24-26,28-30,32,37-39,44-50,54-55,61,63-66H,3-4,6-7,10-12,15,18-23,27H2,1-2H3,(H,56,67)(H,57,62)(H,68,69)(H,71,72,73)(H,74,75,76)(H,77,78,79)/t28?,30?,32?,37?,38-,39?,44?,45?,46?,47?,48?,49?,50?,54?,55?/m0/s1. The normalized spacial score (nSPS) is 28.6. The highest BCUT2D eigenvalue weighted by atomic mass is 32.2. The first kappa shape index (κ1) is 68.2. The molecule has 0 spiro atoms. The van der Waals surface area contributed by atoms with Crippen molar-refractivity contribution in [1.82, 2.24) is 20.3 Å². The van der Waals surface area contributed by atoms with Gasteiger partial charge in [-0.3, -0.25) is 27.9 Å². The number of fused-ring (bicyclic) bond motifs is 1. The summed E-state index contributed by atoms with van der Waals surface area (Å²) in [6.45, 7) is 2.41. The fraction of sp³-hybridized carbons (Fsp3) is 0.600. The predicted molar refractivity (Wildman–Crippen MR) is 301 cm³/mol. The number of aliphatic hydroxyl groups is 5. The summed E-state index contributed by atoms with van der Waals surface area (Å²) in [5.41, 5.74) is 0.0685. The summed E-state index contributed by atoms with van der Waals surface area (Å²) in [7, 11) is -15.8. The number of hydrogen-bond acceptors (Lipinski definition) is 23. The first-order chi connectivity index (χ1) is 41.6. The van der Waals surface area contributed by atoms with E-state index < -0.39 is 183 Å². The minimum absolute atomic E-state index is 0.0254. The number of carboxylic acid groups (broad SMARTS) is 1. The molecule has 1 aromatic heterocycles. The highest BCUT2D eigenvalue weighted by Crippen LogP contribution is 2.42. The Labute approximate surface area is 506 Å². The van der Waals surface area contributed by atoms with Gasteiger partial charge in [-0.2, -0.15) is 25.3 Å². The summed E-state index contributed by atoms with van der Waals surface area (Å²) in [6.07, 6.45) is -13.4. The van der Waals surface area contributed by atoms with Gasteiger partial charge in [-0.05, 0) is 87.3 Å². The number of benzene rings is 3. The molecule has 4 aliphatic rings. The van der Waals surface area contributed by atoms with Crippen LogP contribution in [0.4, 0.5) is 5.69 Å². The summed E-state index contributed by atoms with van der Waals surface area (Å²) < 4.78 is 142. The van der Waals surface area contributed by atoms with E-state index in [4.69, 9.17) is 28.4 Å². The lowest BCUT2D eigenvalue weighted by molar-refractivity contribution is -0.349. The van der Waals surface area contributed by atoms with Crippen LogP contribution in [-0.2, 0) is 86.1 Å². The minimum atomic E-state index is -5.38. The second-order valence-electron chi connectivity index (χ2n) is 22.5. The molecule has 4 aromatic rings. The number of ether oxygens (including phenoxy) is 6. The minimum Gasteiger partial charge on any atom is -0.479 e. The van der Waals surface area contributed by atoms with Crippen molar-refractivity contribution in [2.75, 3.05) is 18.5 Å². The maximum atomic E-state index is 14.3. The van der Waals surface area contributed by atoms with Crippen molar-refractivity contribution in [3.63, 3.8) is 0 Å². The van der Waals surface area contributed by atoms with Gasteiger partial charge in [0.05, 0.1) is 53.3 Å². The molecule has 14 unspecified atom stereocenters. The van der Waals surface area contributed by atoms with Gasteiger partial charge in [-0.25, -0.2) is 9.59 Å². The zero-order chi connectivity index (χ0) is 64.0.